The molecule has 2 heterocycles. The lowest BCUT2D eigenvalue weighted by Crippen LogP contribution is -2.47. The van der Waals surface area contributed by atoms with Crippen molar-refractivity contribution in [2.45, 2.75) is 58.5 Å². The molecular formula is C30H33N3O2. The molecule has 2 saturated carbocycles. The van der Waals surface area contributed by atoms with Crippen molar-refractivity contribution >= 4 is 17.4 Å². The van der Waals surface area contributed by atoms with Crippen molar-refractivity contribution in [1.29, 1.82) is 0 Å². The number of hydrogen-bond donors (Lipinski definition) is 1. The highest BCUT2D eigenvalue weighted by molar-refractivity contribution is 5.84. The number of pyridine rings is 2. The predicted octanol–water partition coefficient (Wildman–Crippen LogP) is 6.97. The van der Waals surface area contributed by atoms with Gasteiger partial charge in [-0.05, 0) is 78.7 Å². The highest BCUT2D eigenvalue weighted by atomic mass is 16.6. The third-order valence-corrected chi connectivity index (χ3v) is 9.26. The lowest BCUT2D eigenvalue weighted by Gasteiger charge is -2.56. The van der Waals surface area contributed by atoms with Gasteiger partial charge in [-0.1, -0.05) is 49.3 Å². The molecule has 4 aliphatic carbocycles. The number of anilines is 1. The normalized spacial score (nSPS) is 33.3. The van der Waals surface area contributed by atoms with E-state index in [9.17, 15) is 4.79 Å². The van der Waals surface area contributed by atoms with E-state index in [1.807, 2.05) is 24.5 Å². The zero-order valence-electron chi connectivity index (χ0n) is 20.5. The van der Waals surface area contributed by atoms with Crippen LogP contribution in [0.5, 0.6) is 0 Å². The van der Waals surface area contributed by atoms with Crippen molar-refractivity contribution in [2.24, 2.45) is 22.7 Å². The third kappa shape index (κ3) is 3.72. The number of rotatable bonds is 3. The quantitative estimate of drug-likeness (QED) is 0.495. The number of aromatic nitrogens is 2. The molecule has 1 amide bonds. The van der Waals surface area contributed by atoms with Crippen LogP contribution in [0.4, 0.5) is 10.5 Å². The third-order valence-electron chi connectivity index (χ3n) is 9.26. The van der Waals surface area contributed by atoms with Gasteiger partial charge in [0.05, 0.1) is 11.9 Å². The lowest BCUT2D eigenvalue weighted by atomic mass is 9.49. The van der Waals surface area contributed by atoms with Crippen molar-refractivity contribution in [3.05, 3.63) is 84.0 Å². The van der Waals surface area contributed by atoms with E-state index >= 15 is 0 Å². The minimum absolute atomic E-state index is 0.0686. The standard InChI is InChI=1S/C30H33N3O2/c1-29-13-11-23(35-28(34)33-22-6-4-16-32-19-22)17-21(29)7-8-24-26-10-9-25(20-5-3-15-31-18-20)30(26,2)14-12-27(24)29/h3-7,9-10,15-16,18-19,23-24,27H,8,11-14,17H2,1-2H3,(H,33,34)/t23-,24?,27?,29-,30+/m0/s1. The molecule has 0 saturated heterocycles. The van der Waals surface area contributed by atoms with Crippen LogP contribution >= 0.6 is 0 Å². The predicted molar refractivity (Wildman–Crippen MR) is 137 cm³/mol. The van der Waals surface area contributed by atoms with Gasteiger partial charge in [-0.3, -0.25) is 15.3 Å². The van der Waals surface area contributed by atoms with E-state index in [4.69, 9.17) is 4.74 Å². The fourth-order valence-electron chi connectivity index (χ4n) is 7.41. The van der Waals surface area contributed by atoms with Gasteiger partial charge in [0.1, 0.15) is 6.10 Å². The Labute approximate surface area is 207 Å². The molecule has 2 fully saturated rings. The molecule has 180 valence electrons. The summed E-state index contributed by atoms with van der Waals surface area (Å²) in [5.41, 5.74) is 6.73. The maximum atomic E-state index is 12.5. The van der Waals surface area contributed by atoms with Crippen LogP contribution in [-0.4, -0.2) is 22.2 Å². The van der Waals surface area contributed by atoms with E-state index in [2.05, 4.69) is 53.4 Å². The molecular weight excluding hydrogens is 434 g/mol. The van der Waals surface area contributed by atoms with E-state index < -0.39 is 0 Å². The number of allylic oxidation sites excluding steroid dienone is 5. The summed E-state index contributed by atoms with van der Waals surface area (Å²) in [4.78, 5) is 20.9. The monoisotopic (exact) mass is 467 g/mol. The van der Waals surface area contributed by atoms with Crippen LogP contribution in [0.25, 0.3) is 5.57 Å². The summed E-state index contributed by atoms with van der Waals surface area (Å²) in [6.07, 6.45) is 20.3. The Morgan fingerprint density at radius 3 is 2.66 bits per heavy atom. The van der Waals surface area contributed by atoms with Crippen LogP contribution in [0.3, 0.4) is 0 Å². The van der Waals surface area contributed by atoms with Gasteiger partial charge in [0.15, 0.2) is 0 Å². The summed E-state index contributed by atoms with van der Waals surface area (Å²) in [5.74, 6) is 1.23. The van der Waals surface area contributed by atoms with E-state index in [0.29, 0.717) is 17.5 Å². The van der Waals surface area contributed by atoms with E-state index in [-0.39, 0.29) is 23.0 Å². The largest absolute Gasteiger partial charge is 0.446 e. The van der Waals surface area contributed by atoms with Crippen LogP contribution in [0.1, 0.15) is 57.9 Å². The Morgan fingerprint density at radius 2 is 1.89 bits per heavy atom. The van der Waals surface area contributed by atoms with Crippen LogP contribution in [0.2, 0.25) is 0 Å². The SMILES string of the molecule is C[C@]12CCC3C(CC=C4C[C@@H](OC(=O)Nc5cccnc5)CC[C@@]43C)C1=CC=C2c1cccnc1. The molecule has 5 heteroatoms. The molecule has 0 spiro atoms. The lowest BCUT2D eigenvalue weighted by molar-refractivity contribution is 0.0289. The van der Waals surface area contributed by atoms with Gasteiger partial charge < -0.3 is 4.74 Å². The Bertz CT molecular complexity index is 1220. The second-order valence-corrected chi connectivity index (χ2v) is 11.0. The molecule has 0 aliphatic heterocycles. The second-order valence-electron chi connectivity index (χ2n) is 11.0. The zero-order chi connectivity index (χ0) is 24.0. The highest BCUT2D eigenvalue weighted by Gasteiger charge is 2.54. The second kappa shape index (κ2) is 8.47. The first kappa shape index (κ1) is 22.3. The fraction of sp³-hybridized carbons (Fsp3) is 0.433. The zero-order valence-corrected chi connectivity index (χ0v) is 20.5. The van der Waals surface area contributed by atoms with E-state index in [1.165, 1.54) is 29.6 Å². The first-order valence-corrected chi connectivity index (χ1v) is 12.9. The Morgan fingerprint density at radius 1 is 1.06 bits per heavy atom. The number of carbonyl (C=O) groups excluding carboxylic acids is 1. The van der Waals surface area contributed by atoms with Gasteiger partial charge in [-0.2, -0.15) is 0 Å². The number of hydrogen-bond acceptors (Lipinski definition) is 4. The Kier molecular flexibility index (Phi) is 5.39. The van der Waals surface area contributed by atoms with Crippen molar-refractivity contribution in [3.63, 3.8) is 0 Å². The summed E-state index contributed by atoms with van der Waals surface area (Å²) in [6, 6.07) is 7.85. The first-order valence-electron chi connectivity index (χ1n) is 12.9. The number of carbonyl (C=O) groups is 1. The van der Waals surface area contributed by atoms with Gasteiger partial charge in [0, 0.05) is 30.4 Å². The summed E-state index contributed by atoms with van der Waals surface area (Å²) >= 11 is 0. The average Bonchev–Trinajstić information content (AvgIpc) is 3.22. The maximum Gasteiger partial charge on any atom is 0.411 e. The number of fused-ring (bicyclic) bond motifs is 5. The van der Waals surface area contributed by atoms with Gasteiger partial charge in [-0.25, -0.2) is 4.79 Å². The molecule has 0 bridgehead atoms. The van der Waals surface area contributed by atoms with Crippen LogP contribution in [-0.2, 0) is 4.74 Å². The Balaban J connectivity index is 1.17. The van der Waals surface area contributed by atoms with Crippen LogP contribution in [0.15, 0.2) is 78.4 Å². The average molecular weight is 468 g/mol. The molecule has 0 radical (unpaired) electrons. The molecule has 4 aliphatic rings. The molecule has 5 atom stereocenters. The molecule has 5 nitrogen and oxygen atoms in total. The summed E-state index contributed by atoms with van der Waals surface area (Å²) in [5, 5.41) is 2.80. The summed E-state index contributed by atoms with van der Waals surface area (Å²) < 4.78 is 5.83. The van der Waals surface area contributed by atoms with Gasteiger partial charge in [0.25, 0.3) is 0 Å². The van der Waals surface area contributed by atoms with Crippen molar-refractivity contribution in [3.8, 4) is 0 Å². The van der Waals surface area contributed by atoms with Crippen molar-refractivity contribution in [1.82, 2.24) is 9.97 Å². The number of nitrogens with zero attached hydrogens (tertiary/aromatic N) is 2. The smallest absolute Gasteiger partial charge is 0.411 e. The van der Waals surface area contributed by atoms with E-state index in [1.54, 1.807) is 24.0 Å². The molecule has 2 aromatic rings. The van der Waals surface area contributed by atoms with Crippen LogP contribution in [0, 0.1) is 22.7 Å². The van der Waals surface area contributed by atoms with Gasteiger partial charge in [0.2, 0.25) is 0 Å². The van der Waals surface area contributed by atoms with Crippen molar-refractivity contribution in [2.75, 3.05) is 5.32 Å². The minimum Gasteiger partial charge on any atom is -0.446 e. The molecule has 6 rings (SSSR count). The van der Waals surface area contributed by atoms with Crippen molar-refractivity contribution < 1.29 is 9.53 Å². The highest BCUT2D eigenvalue weighted by Crippen LogP contribution is 2.64. The minimum atomic E-state index is -0.389. The molecule has 2 unspecified atom stereocenters. The molecule has 35 heavy (non-hydrogen) atoms. The number of amides is 1. The molecule has 1 N–H and O–H groups in total. The molecule has 2 aromatic heterocycles. The summed E-state index contributed by atoms with van der Waals surface area (Å²) in [6.45, 7) is 4.91. The molecule has 0 aromatic carbocycles. The fourth-order valence-corrected chi connectivity index (χ4v) is 7.41. The number of ether oxygens (including phenoxy) is 1. The summed E-state index contributed by atoms with van der Waals surface area (Å²) in [7, 11) is 0. The van der Waals surface area contributed by atoms with Gasteiger partial charge in [-0.15, -0.1) is 0 Å². The topological polar surface area (TPSA) is 64.1 Å². The maximum absolute atomic E-state index is 12.5. The van der Waals surface area contributed by atoms with Gasteiger partial charge >= 0.3 is 6.09 Å². The Hall–Kier alpha value is -3.21. The number of nitrogens with one attached hydrogen (secondary N) is 1. The first-order chi connectivity index (χ1) is 17.0. The van der Waals surface area contributed by atoms with E-state index in [0.717, 1.165) is 25.7 Å². The van der Waals surface area contributed by atoms with Crippen LogP contribution < -0.4 is 5.32 Å².